The van der Waals surface area contributed by atoms with E-state index in [1.54, 1.807) is 30.5 Å². The van der Waals surface area contributed by atoms with Gasteiger partial charge in [0.25, 0.3) is 0 Å². The predicted molar refractivity (Wildman–Crippen MR) is 161 cm³/mol. The van der Waals surface area contributed by atoms with Crippen molar-refractivity contribution in [1.29, 1.82) is 0 Å². The number of aliphatic hydroxyl groups excluding tert-OH is 1. The first-order valence-corrected chi connectivity index (χ1v) is 14.1. The molecule has 0 aliphatic rings. The first-order valence-electron chi connectivity index (χ1n) is 14.1. The zero-order valence-corrected chi connectivity index (χ0v) is 23.8. The maximum atomic E-state index is 13.4. The van der Waals surface area contributed by atoms with Crippen molar-refractivity contribution in [2.75, 3.05) is 11.9 Å². The van der Waals surface area contributed by atoms with Gasteiger partial charge in [-0.1, -0.05) is 78.0 Å². The van der Waals surface area contributed by atoms with Gasteiger partial charge in [-0.15, -0.1) is 5.10 Å². The zero-order chi connectivity index (χ0) is 30.4. The lowest BCUT2D eigenvalue weighted by Crippen LogP contribution is -2.31. The number of urea groups is 1. The second-order valence-corrected chi connectivity index (χ2v) is 10.2. The van der Waals surface area contributed by atoms with Crippen molar-refractivity contribution in [1.82, 2.24) is 20.3 Å². The number of carbonyl (C=O) groups excluding carboxylic acids is 3. The Bertz CT molecular complexity index is 1460. The number of nitrogens with one attached hydrogen (secondary N) is 2. The van der Waals surface area contributed by atoms with Crippen LogP contribution in [-0.2, 0) is 34.0 Å². The third-order valence-electron chi connectivity index (χ3n) is 6.91. The van der Waals surface area contributed by atoms with Crippen LogP contribution in [0.5, 0.6) is 0 Å². The molecule has 4 rings (SSSR count). The summed E-state index contributed by atoms with van der Waals surface area (Å²) < 4.78 is 7.05. The van der Waals surface area contributed by atoms with Crippen LogP contribution in [0.25, 0.3) is 0 Å². The Morgan fingerprint density at radius 2 is 1.58 bits per heavy atom. The van der Waals surface area contributed by atoms with Crippen LogP contribution in [0.4, 0.5) is 10.5 Å². The molecule has 0 aliphatic heterocycles. The molecule has 0 bridgehead atoms. The molecule has 3 aromatic carbocycles. The van der Waals surface area contributed by atoms with Crippen molar-refractivity contribution >= 4 is 23.6 Å². The lowest BCUT2D eigenvalue weighted by Gasteiger charge is -2.17. The summed E-state index contributed by atoms with van der Waals surface area (Å²) in [5, 5.41) is 23.4. The maximum absolute atomic E-state index is 13.4. The van der Waals surface area contributed by atoms with Gasteiger partial charge < -0.3 is 26.2 Å². The van der Waals surface area contributed by atoms with Gasteiger partial charge in [-0.2, -0.15) is 0 Å². The fraction of sp³-hybridized carbons (Fsp3) is 0.281. The van der Waals surface area contributed by atoms with Crippen LogP contribution in [0.1, 0.15) is 53.6 Å². The van der Waals surface area contributed by atoms with Gasteiger partial charge in [0.05, 0.1) is 18.7 Å². The molecule has 1 aromatic heterocycles. The highest BCUT2D eigenvalue weighted by Crippen LogP contribution is 2.26. The van der Waals surface area contributed by atoms with Crippen molar-refractivity contribution in [3.63, 3.8) is 0 Å². The number of hydrogen-bond donors (Lipinski definition) is 4. The molecule has 0 saturated heterocycles. The van der Waals surface area contributed by atoms with Crippen molar-refractivity contribution in [2.45, 2.75) is 50.9 Å². The lowest BCUT2D eigenvalue weighted by atomic mass is 9.93. The van der Waals surface area contributed by atoms with E-state index in [0.29, 0.717) is 30.6 Å². The summed E-state index contributed by atoms with van der Waals surface area (Å²) >= 11 is 0. The number of nitrogens with zero attached hydrogens (tertiary/aromatic N) is 3. The second-order valence-electron chi connectivity index (χ2n) is 10.2. The van der Waals surface area contributed by atoms with Crippen LogP contribution in [0.15, 0.2) is 91.1 Å². The van der Waals surface area contributed by atoms with Crippen LogP contribution in [-0.4, -0.2) is 44.6 Å². The molecule has 11 nitrogen and oxygen atoms in total. The van der Waals surface area contributed by atoms with Crippen LogP contribution in [0.2, 0.25) is 0 Å². The minimum atomic E-state index is -0.754. The van der Waals surface area contributed by atoms with Gasteiger partial charge >= 0.3 is 12.0 Å². The summed E-state index contributed by atoms with van der Waals surface area (Å²) in [6, 6.07) is 24.7. The van der Waals surface area contributed by atoms with Gasteiger partial charge in [0.1, 0.15) is 12.6 Å². The van der Waals surface area contributed by atoms with Gasteiger partial charge in [0.15, 0.2) is 0 Å². The number of amides is 3. The highest BCUT2D eigenvalue weighted by molar-refractivity contribution is 5.93. The van der Waals surface area contributed by atoms with E-state index in [-0.39, 0.29) is 44.0 Å². The van der Waals surface area contributed by atoms with Gasteiger partial charge in [-0.25, -0.2) is 9.48 Å². The summed E-state index contributed by atoms with van der Waals surface area (Å²) in [7, 11) is 0. The monoisotopic (exact) mass is 584 g/mol. The number of primary amides is 1. The fourth-order valence-electron chi connectivity index (χ4n) is 4.62. The molecular weight excluding hydrogens is 548 g/mol. The van der Waals surface area contributed by atoms with E-state index < -0.39 is 12.1 Å². The molecule has 0 unspecified atom stereocenters. The highest BCUT2D eigenvalue weighted by Gasteiger charge is 2.26. The topological polar surface area (TPSA) is 161 Å². The van der Waals surface area contributed by atoms with Gasteiger partial charge in [0, 0.05) is 24.3 Å². The standard InChI is InChI=1S/C32H36N6O5/c33-32(42)34-17-7-12-29(31(41)35-27-15-13-24(21-39)14-16-27)38-20-28(36-37-38)26(18-23-8-3-1-4-9-23)19-30(40)43-22-25-10-5-2-6-11-25/h1-6,8-11,13-16,20,26,29,39H,7,12,17-19,21-22H2,(H,35,41)(H3,33,34,42)/t26-,29+/m1/s1. The first kappa shape index (κ1) is 30.9. The molecule has 2 atom stereocenters. The molecule has 4 aromatic rings. The van der Waals surface area contributed by atoms with Crippen molar-refractivity contribution in [3.05, 3.63) is 114 Å². The minimum Gasteiger partial charge on any atom is -0.461 e. The average Bonchev–Trinajstić information content (AvgIpc) is 3.51. The Morgan fingerprint density at radius 3 is 2.23 bits per heavy atom. The van der Waals surface area contributed by atoms with Crippen LogP contribution in [0, 0.1) is 0 Å². The molecule has 0 saturated carbocycles. The Hall–Kier alpha value is -5.03. The normalized spacial score (nSPS) is 12.2. The van der Waals surface area contributed by atoms with Gasteiger partial charge in [-0.05, 0) is 48.1 Å². The lowest BCUT2D eigenvalue weighted by molar-refractivity contribution is -0.145. The van der Waals surface area contributed by atoms with E-state index >= 15 is 0 Å². The molecule has 11 heteroatoms. The quantitative estimate of drug-likeness (QED) is 0.122. The molecule has 1 heterocycles. The third-order valence-corrected chi connectivity index (χ3v) is 6.91. The summed E-state index contributed by atoms with van der Waals surface area (Å²) in [6.45, 7) is 0.358. The molecule has 43 heavy (non-hydrogen) atoms. The Labute approximate surface area is 250 Å². The van der Waals surface area contributed by atoms with Crippen molar-refractivity contribution in [2.24, 2.45) is 5.73 Å². The Kier molecular flexibility index (Phi) is 11.4. The summed E-state index contributed by atoms with van der Waals surface area (Å²) in [5.74, 6) is -1.03. The van der Waals surface area contributed by atoms with Crippen LogP contribution >= 0.6 is 0 Å². The molecule has 3 amide bonds. The number of carbonyl (C=O) groups is 3. The SMILES string of the molecule is NC(=O)NCCC[C@@H](C(=O)Nc1ccc(CO)cc1)n1cc([C@@H](CC(=O)OCc2ccccc2)Cc2ccccc2)nn1. The fourth-order valence-corrected chi connectivity index (χ4v) is 4.62. The van der Waals surface area contributed by atoms with Gasteiger partial charge in [0.2, 0.25) is 5.91 Å². The first-order chi connectivity index (χ1) is 20.9. The molecule has 0 radical (unpaired) electrons. The molecule has 224 valence electrons. The predicted octanol–water partition coefficient (Wildman–Crippen LogP) is 3.86. The number of aliphatic hydroxyl groups is 1. The van der Waals surface area contributed by atoms with E-state index in [9.17, 15) is 19.5 Å². The average molecular weight is 585 g/mol. The number of benzene rings is 3. The minimum absolute atomic E-state index is 0.0804. The maximum Gasteiger partial charge on any atom is 0.312 e. The van der Waals surface area contributed by atoms with E-state index in [4.69, 9.17) is 10.5 Å². The van der Waals surface area contributed by atoms with E-state index in [2.05, 4.69) is 20.9 Å². The number of hydrogen-bond acceptors (Lipinski definition) is 7. The summed E-state index contributed by atoms with van der Waals surface area (Å²) in [6.07, 6.45) is 3.09. The smallest absolute Gasteiger partial charge is 0.312 e. The van der Waals surface area contributed by atoms with Crippen LogP contribution in [0.3, 0.4) is 0 Å². The Balaban J connectivity index is 1.52. The number of ether oxygens (including phenoxy) is 1. The van der Waals surface area contributed by atoms with Crippen LogP contribution < -0.4 is 16.4 Å². The summed E-state index contributed by atoms with van der Waals surface area (Å²) in [4.78, 5) is 37.5. The second kappa shape index (κ2) is 15.8. The van der Waals surface area contributed by atoms with Crippen molar-refractivity contribution in [3.8, 4) is 0 Å². The molecule has 0 aliphatic carbocycles. The number of nitrogens with two attached hydrogens (primary N) is 1. The number of anilines is 1. The molecule has 0 fully saturated rings. The zero-order valence-electron chi connectivity index (χ0n) is 23.8. The van der Waals surface area contributed by atoms with E-state index in [1.807, 2.05) is 60.7 Å². The highest BCUT2D eigenvalue weighted by atomic mass is 16.5. The van der Waals surface area contributed by atoms with E-state index in [1.165, 1.54) is 4.68 Å². The molecule has 0 spiro atoms. The molecule has 5 N–H and O–H groups in total. The van der Waals surface area contributed by atoms with E-state index in [0.717, 1.165) is 16.7 Å². The number of esters is 1. The van der Waals surface area contributed by atoms with Crippen molar-refractivity contribution < 1.29 is 24.2 Å². The Morgan fingerprint density at radius 1 is 0.907 bits per heavy atom. The van der Waals surface area contributed by atoms with Gasteiger partial charge in [-0.3, -0.25) is 9.59 Å². The number of rotatable bonds is 15. The molecular formula is C32H36N6O5. The largest absolute Gasteiger partial charge is 0.461 e. The third kappa shape index (κ3) is 9.79. The number of aromatic nitrogens is 3. The summed E-state index contributed by atoms with van der Waals surface area (Å²) in [5.41, 5.74) is 8.95.